The first kappa shape index (κ1) is 24.9. The van der Waals surface area contributed by atoms with Crippen LogP contribution in [-0.2, 0) is 36.9 Å². The number of ether oxygens (including phenoxy) is 1. The monoisotopic (exact) mass is 513 g/mol. The third-order valence-corrected chi connectivity index (χ3v) is 8.18. The second-order valence-electron chi connectivity index (χ2n) is 8.29. The number of pyridine rings is 1. The fraction of sp³-hybridized carbons (Fsp3) is 0.409. The lowest BCUT2D eigenvalue weighted by molar-refractivity contribution is -0.143. The Kier molecular flexibility index (Phi) is 6.49. The number of aliphatic carboxylic acids is 1. The van der Waals surface area contributed by atoms with Crippen LogP contribution in [0.5, 0.6) is 0 Å². The van der Waals surface area contributed by atoms with Gasteiger partial charge in [-0.3, -0.25) is 4.79 Å². The average Bonchev–Trinajstić information content (AvgIpc) is 3.26. The molecule has 9 nitrogen and oxygen atoms in total. The summed E-state index contributed by atoms with van der Waals surface area (Å²) in [6.45, 7) is -0.421. The standard InChI is InChI=1S/C22H22F3N3O6S/c1-34-21(31)18-12-27(8-9-28(18)19-7-4-14(11-26-19)22(23,24)25)35(32,33)15-5-2-13-3-6-16(20(29)30)17(13)10-15/h2,4-5,7,10-11,16,18H,3,6,8-9,12H2,1H3,(H,29,30). The highest BCUT2D eigenvalue weighted by molar-refractivity contribution is 7.89. The number of benzene rings is 1. The van der Waals surface area contributed by atoms with Crippen molar-refractivity contribution >= 4 is 27.8 Å². The second kappa shape index (κ2) is 9.11. The first-order chi connectivity index (χ1) is 16.4. The number of carboxylic acid groups (broad SMARTS) is 1. The number of rotatable bonds is 5. The summed E-state index contributed by atoms with van der Waals surface area (Å²) >= 11 is 0. The lowest BCUT2D eigenvalue weighted by Gasteiger charge is -2.39. The van der Waals surface area contributed by atoms with Crippen LogP contribution in [0.25, 0.3) is 0 Å². The maximum absolute atomic E-state index is 13.4. The van der Waals surface area contributed by atoms with Crippen LogP contribution in [0.4, 0.5) is 19.0 Å². The van der Waals surface area contributed by atoms with Crippen molar-refractivity contribution in [1.82, 2.24) is 9.29 Å². The maximum Gasteiger partial charge on any atom is 0.417 e. The van der Waals surface area contributed by atoms with Crippen molar-refractivity contribution in [2.75, 3.05) is 31.6 Å². The molecule has 0 spiro atoms. The number of esters is 1. The second-order valence-corrected chi connectivity index (χ2v) is 10.2. The lowest BCUT2D eigenvalue weighted by Crippen LogP contribution is -2.58. The van der Waals surface area contributed by atoms with E-state index in [1.165, 1.54) is 17.0 Å². The van der Waals surface area contributed by atoms with E-state index in [1.807, 2.05) is 0 Å². The quantitative estimate of drug-likeness (QED) is 0.606. The molecule has 1 aromatic carbocycles. The van der Waals surface area contributed by atoms with E-state index in [9.17, 15) is 36.3 Å². The fourth-order valence-corrected chi connectivity index (χ4v) is 5.93. The van der Waals surface area contributed by atoms with Crippen LogP contribution >= 0.6 is 0 Å². The van der Waals surface area contributed by atoms with Crippen molar-refractivity contribution in [2.24, 2.45) is 0 Å². The summed E-state index contributed by atoms with van der Waals surface area (Å²) in [5.41, 5.74) is 0.283. The molecule has 2 aromatic rings. The van der Waals surface area contributed by atoms with Gasteiger partial charge in [-0.2, -0.15) is 17.5 Å². The largest absolute Gasteiger partial charge is 0.481 e. The highest BCUT2D eigenvalue weighted by atomic mass is 32.2. The Hall–Kier alpha value is -3.19. The highest BCUT2D eigenvalue weighted by Gasteiger charge is 2.40. The van der Waals surface area contributed by atoms with Crippen LogP contribution in [0.2, 0.25) is 0 Å². The molecule has 0 saturated carbocycles. The van der Waals surface area contributed by atoms with Gasteiger partial charge in [0, 0.05) is 25.8 Å². The molecule has 0 amide bonds. The van der Waals surface area contributed by atoms with E-state index in [-0.39, 0.29) is 30.3 Å². The Morgan fingerprint density at radius 1 is 1.17 bits per heavy atom. The number of halogens is 3. The molecule has 4 rings (SSSR count). The minimum Gasteiger partial charge on any atom is -0.481 e. The van der Waals surface area contributed by atoms with Gasteiger partial charge in [0.2, 0.25) is 10.0 Å². The highest BCUT2D eigenvalue weighted by Crippen LogP contribution is 2.36. The fourth-order valence-electron chi connectivity index (χ4n) is 4.46. The van der Waals surface area contributed by atoms with Crippen LogP contribution < -0.4 is 4.90 Å². The Balaban J connectivity index is 1.61. The zero-order chi connectivity index (χ0) is 25.5. The normalized spacial score (nSPS) is 21.0. The molecular formula is C22H22F3N3O6S. The third-order valence-electron chi connectivity index (χ3n) is 6.32. The summed E-state index contributed by atoms with van der Waals surface area (Å²) in [6.07, 6.45) is -3.00. The van der Waals surface area contributed by atoms with Crippen molar-refractivity contribution < 1.29 is 41.0 Å². The molecule has 13 heteroatoms. The first-order valence-electron chi connectivity index (χ1n) is 10.7. The van der Waals surface area contributed by atoms with Crippen molar-refractivity contribution in [2.45, 2.75) is 35.9 Å². The molecule has 1 fully saturated rings. The van der Waals surface area contributed by atoms with Gasteiger partial charge in [-0.1, -0.05) is 6.07 Å². The van der Waals surface area contributed by atoms with Gasteiger partial charge in [-0.15, -0.1) is 0 Å². The number of piperazine rings is 1. The molecule has 1 aromatic heterocycles. The third kappa shape index (κ3) is 4.69. The van der Waals surface area contributed by atoms with Crippen molar-refractivity contribution in [3.8, 4) is 0 Å². The number of methoxy groups -OCH3 is 1. The Morgan fingerprint density at radius 2 is 1.91 bits per heavy atom. The van der Waals surface area contributed by atoms with Gasteiger partial charge in [0.15, 0.2) is 0 Å². The van der Waals surface area contributed by atoms with E-state index in [0.29, 0.717) is 24.6 Å². The number of carbonyl (C=O) groups excluding carboxylic acids is 1. The van der Waals surface area contributed by atoms with E-state index in [0.717, 1.165) is 29.1 Å². The molecule has 2 aliphatic rings. The molecule has 2 heterocycles. The number of carboxylic acids is 1. The number of aryl methyl sites for hydroxylation is 1. The van der Waals surface area contributed by atoms with Crippen molar-refractivity contribution in [1.29, 1.82) is 0 Å². The minimum atomic E-state index is -4.57. The summed E-state index contributed by atoms with van der Waals surface area (Å²) < 4.78 is 71.3. The molecular weight excluding hydrogens is 491 g/mol. The van der Waals surface area contributed by atoms with Crippen LogP contribution in [0, 0.1) is 0 Å². The van der Waals surface area contributed by atoms with Gasteiger partial charge in [0.25, 0.3) is 0 Å². The number of nitrogens with zero attached hydrogens (tertiary/aromatic N) is 3. The Morgan fingerprint density at radius 3 is 2.51 bits per heavy atom. The number of anilines is 1. The maximum atomic E-state index is 13.4. The van der Waals surface area contributed by atoms with Gasteiger partial charge in [0.05, 0.1) is 23.5 Å². The number of fused-ring (bicyclic) bond motifs is 1. The molecule has 188 valence electrons. The summed E-state index contributed by atoms with van der Waals surface area (Å²) in [5, 5.41) is 9.44. The van der Waals surface area contributed by atoms with E-state index < -0.39 is 45.7 Å². The molecule has 0 radical (unpaired) electrons. The molecule has 2 atom stereocenters. The number of hydrogen-bond acceptors (Lipinski definition) is 7. The lowest BCUT2D eigenvalue weighted by atomic mass is 10.0. The number of hydrogen-bond donors (Lipinski definition) is 1. The van der Waals surface area contributed by atoms with Crippen LogP contribution in [0.15, 0.2) is 41.4 Å². The number of sulfonamides is 1. The first-order valence-corrected chi connectivity index (χ1v) is 12.1. The van der Waals surface area contributed by atoms with E-state index >= 15 is 0 Å². The Bertz CT molecular complexity index is 1250. The topological polar surface area (TPSA) is 117 Å². The predicted molar refractivity (Wildman–Crippen MR) is 116 cm³/mol. The van der Waals surface area contributed by atoms with E-state index in [4.69, 9.17) is 4.74 Å². The van der Waals surface area contributed by atoms with Gasteiger partial charge in [-0.05, 0) is 48.2 Å². The molecule has 1 aliphatic heterocycles. The summed E-state index contributed by atoms with van der Waals surface area (Å²) in [4.78, 5) is 29.2. The smallest absolute Gasteiger partial charge is 0.417 e. The van der Waals surface area contributed by atoms with E-state index in [2.05, 4.69) is 4.98 Å². The summed E-state index contributed by atoms with van der Waals surface area (Å²) in [7, 11) is -2.98. The van der Waals surface area contributed by atoms with Crippen LogP contribution in [0.3, 0.4) is 0 Å². The molecule has 2 unspecified atom stereocenters. The van der Waals surface area contributed by atoms with E-state index in [1.54, 1.807) is 6.07 Å². The minimum absolute atomic E-state index is 0.0277. The zero-order valence-electron chi connectivity index (χ0n) is 18.5. The van der Waals surface area contributed by atoms with Gasteiger partial charge in [0.1, 0.15) is 11.9 Å². The molecule has 0 bridgehead atoms. The molecule has 1 N–H and O–H groups in total. The van der Waals surface area contributed by atoms with Gasteiger partial charge >= 0.3 is 18.1 Å². The Labute approximate surface area is 199 Å². The van der Waals surface area contributed by atoms with Crippen LogP contribution in [0.1, 0.15) is 29.0 Å². The summed E-state index contributed by atoms with van der Waals surface area (Å²) in [6, 6.07) is 5.20. The average molecular weight is 513 g/mol. The number of alkyl halides is 3. The SMILES string of the molecule is COC(=O)C1CN(S(=O)(=O)c2ccc3c(c2)C(C(=O)O)CC3)CCN1c1ccc(C(F)(F)F)cn1. The summed E-state index contributed by atoms with van der Waals surface area (Å²) in [5.74, 6) is -2.51. The number of aromatic nitrogens is 1. The number of carbonyl (C=O) groups is 2. The van der Waals surface area contributed by atoms with Crippen LogP contribution in [-0.4, -0.2) is 67.5 Å². The zero-order valence-corrected chi connectivity index (χ0v) is 19.3. The van der Waals surface area contributed by atoms with Crippen molar-refractivity contribution in [3.63, 3.8) is 0 Å². The van der Waals surface area contributed by atoms with Crippen molar-refractivity contribution in [3.05, 3.63) is 53.2 Å². The molecule has 35 heavy (non-hydrogen) atoms. The van der Waals surface area contributed by atoms with Gasteiger partial charge in [-0.25, -0.2) is 18.2 Å². The molecule has 1 saturated heterocycles. The molecule has 1 aliphatic carbocycles. The predicted octanol–water partition coefficient (Wildman–Crippen LogP) is 2.27. The van der Waals surface area contributed by atoms with Gasteiger partial charge < -0.3 is 14.7 Å².